The van der Waals surface area contributed by atoms with Crippen LogP contribution in [0.1, 0.15) is 0 Å². The van der Waals surface area contributed by atoms with E-state index in [1.54, 1.807) is 7.11 Å². The van der Waals surface area contributed by atoms with Crippen molar-refractivity contribution in [2.45, 2.75) is 0 Å². The first-order valence-corrected chi connectivity index (χ1v) is 7.14. The summed E-state index contributed by atoms with van der Waals surface area (Å²) in [4.78, 5) is 11.4. The number of ether oxygens (including phenoxy) is 2. The van der Waals surface area contributed by atoms with Gasteiger partial charge in [-0.25, -0.2) is 0 Å². The van der Waals surface area contributed by atoms with Crippen molar-refractivity contribution in [3.05, 3.63) is 24.3 Å². The molecule has 0 spiro atoms. The minimum Gasteiger partial charge on any atom is -0.493 e. The molecule has 0 aromatic heterocycles. The normalized spacial score (nSPS) is 10.0. The maximum absolute atomic E-state index is 11.4. The third-order valence-corrected chi connectivity index (χ3v) is 3.16. The van der Waals surface area contributed by atoms with Crippen molar-refractivity contribution in [2.75, 3.05) is 38.4 Å². The molecule has 0 saturated carbocycles. The van der Waals surface area contributed by atoms with E-state index in [2.05, 4.69) is 5.32 Å². The lowest BCUT2D eigenvalue weighted by Crippen LogP contribution is -2.29. The van der Waals surface area contributed by atoms with Gasteiger partial charge in [-0.05, 0) is 12.1 Å². The van der Waals surface area contributed by atoms with Gasteiger partial charge in [0.2, 0.25) is 5.91 Å². The molecule has 2 N–H and O–H groups in total. The fraction of sp³-hybridized carbons (Fsp3) is 0.462. The first kappa shape index (κ1) is 15.7. The van der Waals surface area contributed by atoms with Gasteiger partial charge in [0, 0.05) is 5.75 Å². The molecule has 0 aliphatic heterocycles. The number of carbonyl (C=O) groups is 1. The van der Waals surface area contributed by atoms with E-state index < -0.39 is 0 Å². The molecule has 1 aromatic carbocycles. The third-order valence-electron chi connectivity index (χ3n) is 2.22. The molecule has 1 amide bonds. The summed E-state index contributed by atoms with van der Waals surface area (Å²) < 4.78 is 10.7. The van der Waals surface area contributed by atoms with Crippen molar-refractivity contribution < 1.29 is 19.4 Å². The predicted octanol–water partition coefficient (Wildman–Crippen LogP) is 0.916. The van der Waals surface area contributed by atoms with Gasteiger partial charge in [0.1, 0.15) is 6.61 Å². The summed E-state index contributed by atoms with van der Waals surface area (Å²) in [5.41, 5.74) is 0. The van der Waals surface area contributed by atoms with Gasteiger partial charge in [0.05, 0.1) is 26.0 Å². The zero-order chi connectivity index (χ0) is 13.9. The lowest BCUT2D eigenvalue weighted by molar-refractivity contribution is -0.118. The Morgan fingerprint density at radius 2 is 2.11 bits per heavy atom. The van der Waals surface area contributed by atoms with E-state index in [1.807, 2.05) is 24.3 Å². The predicted molar refractivity (Wildman–Crippen MR) is 75.9 cm³/mol. The Morgan fingerprint density at radius 1 is 1.37 bits per heavy atom. The molecule has 106 valence electrons. The Bertz CT molecular complexity index is 387. The quantitative estimate of drug-likeness (QED) is 0.660. The number of thioether (sulfide) groups is 1. The van der Waals surface area contributed by atoms with Gasteiger partial charge in [-0.1, -0.05) is 12.1 Å². The van der Waals surface area contributed by atoms with E-state index in [4.69, 9.17) is 14.6 Å². The summed E-state index contributed by atoms with van der Waals surface area (Å²) in [5.74, 6) is 2.21. The van der Waals surface area contributed by atoms with Crippen LogP contribution in [0, 0.1) is 0 Å². The minimum atomic E-state index is -0.0536. The maximum atomic E-state index is 11.4. The van der Waals surface area contributed by atoms with Crippen molar-refractivity contribution in [1.82, 2.24) is 5.32 Å². The SMILES string of the molecule is COc1ccccc1OCCNC(=O)CSCCO. The molecule has 0 heterocycles. The highest BCUT2D eigenvalue weighted by Crippen LogP contribution is 2.25. The molecular formula is C13H19NO4S. The van der Waals surface area contributed by atoms with Crippen LogP contribution < -0.4 is 14.8 Å². The molecule has 0 bridgehead atoms. The zero-order valence-corrected chi connectivity index (χ0v) is 11.7. The van der Waals surface area contributed by atoms with Gasteiger partial charge in [-0.3, -0.25) is 4.79 Å². The zero-order valence-electron chi connectivity index (χ0n) is 10.9. The van der Waals surface area contributed by atoms with Crippen molar-refractivity contribution in [1.29, 1.82) is 0 Å². The molecule has 0 fully saturated rings. The summed E-state index contributed by atoms with van der Waals surface area (Å²) in [6.45, 7) is 0.919. The molecule has 1 rings (SSSR count). The third kappa shape index (κ3) is 6.35. The van der Waals surface area contributed by atoms with Crippen LogP contribution in [0.25, 0.3) is 0 Å². The first-order chi connectivity index (χ1) is 9.27. The fourth-order valence-electron chi connectivity index (χ4n) is 1.37. The number of amides is 1. The smallest absolute Gasteiger partial charge is 0.230 e. The molecule has 0 saturated heterocycles. The molecule has 0 aliphatic rings. The number of nitrogens with one attached hydrogen (secondary N) is 1. The molecule has 0 aliphatic carbocycles. The largest absolute Gasteiger partial charge is 0.493 e. The van der Waals surface area contributed by atoms with Crippen LogP contribution in [0.2, 0.25) is 0 Å². The Morgan fingerprint density at radius 3 is 2.79 bits per heavy atom. The lowest BCUT2D eigenvalue weighted by atomic mass is 10.3. The van der Waals surface area contributed by atoms with Crippen molar-refractivity contribution >= 4 is 17.7 Å². The van der Waals surface area contributed by atoms with Crippen LogP contribution in [-0.4, -0.2) is 49.4 Å². The van der Waals surface area contributed by atoms with Gasteiger partial charge in [-0.2, -0.15) is 0 Å². The van der Waals surface area contributed by atoms with E-state index >= 15 is 0 Å². The Kier molecular flexibility index (Phi) is 7.84. The number of rotatable bonds is 9. The van der Waals surface area contributed by atoms with Crippen LogP contribution in [0.3, 0.4) is 0 Å². The summed E-state index contributed by atoms with van der Waals surface area (Å²) in [6.07, 6.45) is 0. The number of aliphatic hydroxyl groups is 1. The molecule has 19 heavy (non-hydrogen) atoms. The summed E-state index contributed by atoms with van der Waals surface area (Å²) in [5, 5.41) is 11.3. The second-order valence-electron chi connectivity index (χ2n) is 3.63. The number of aliphatic hydroxyl groups excluding tert-OH is 1. The Labute approximate surface area is 117 Å². The number of methoxy groups -OCH3 is 1. The molecule has 5 nitrogen and oxygen atoms in total. The van der Waals surface area contributed by atoms with E-state index in [1.165, 1.54) is 11.8 Å². The molecular weight excluding hydrogens is 266 g/mol. The van der Waals surface area contributed by atoms with Crippen LogP contribution in [0.4, 0.5) is 0 Å². The lowest BCUT2D eigenvalue weighted by Gasteiger charge is -2.10. The molecule has 1 aromatic rings. The monoisotopic (exact) mass is 285 g/mol. The van der Waals surface area contributed by atoms with Crippen LogP contribution in [-0.2, 0) is 4.79 Å². The second kappa shape index (κ2) is 9.52. The maximum Gasteiger partial charge on any atom is 0.230 e. The van der Waals surface area contributed by atoms with Crippen LogP contribution in [0.15, 0.2) is 24.3 Å². The number of para-hydroxylation sites is 2. The fourth-order valence-corrected chi connectivity index (χ4v) is 1.93. The number of benzene rings is 1. The van der Waals surface area contributed by atoms with Crippen molar-refractivity contribution in [3.63, 3.8) is 0 Å². The number of hydrogen-bond donors (Lipinski definition) is 2. The Balaban J connectivity index is 2.18. The van der Waals surface area contributed by atoms with Crippen molar-refractivity contribution in [3.8, 4) is 11.5 Å². The number of carbonyl (C=O) groups excluding carboxylic acids is 1. The summed E-state index contributed by atoms with van der Waals surface area (Å²) >= 11 is 1.40. The van der Waals surface area contributed by atoms with Crippen molar-refractivity contribution in [2.24, 2.45) is 0 Å². The van der Waals surface area contributed by atoms with E-state index in [0.717, 1.165) is 0 Å². The average Bonchev–Trinajstić information content (AvgIpc) is 2.44. The standard InChI is InChI=1S/C13H19NO4S/c1-17-11-4-2-3-5-12(11)18-8-6-14-13(16)10-19-9-7-15/h2-5,15H,6-10H2,1H3,(H,14,16). The summed E-state index contributed by atoms with van der Waals surface area (Å²) in [7, 11) is 1.59. The molecule has 6 heteroatoms. The highest BCUT2D eigenvalue weighted by Gasteiger charge is 2.03. The molecule has 0 radical (unpaired) electrons. The first-order valence-electron chi connectivity index (χ1n) is 5.99. The van der Waals surface area contributed by atoms with Crippen LogP contribution >= 0.6 is 11.8 Å². The van der Waals surface area contributed by atoms with Gasteiger partial charge in [0.15, 0.2) is 11.5 Å². The molecule has 0 unspecified atom stereocenters. The van der Waals surface area contributed by atoms with Gasteiger partial charge in [-0.15, -0.1) is 11.8 Å². The van der Waals surface area contributed by atoms with E-state index in [0.29, 0.717) is 36.2 Å². The van der Waals surface area contributed by atoms with E-state index in [-0.39, 0.29) is 12.5 Å². The average molecular weight is 285 g/mol. The Hall–Kier alpha value is -1.40. The van der Waals surface area contributed by atoms with E-state index in [9.17, 15) is 4.79 Å². The van der Waals surface area contributed by atoms with Gasteiger partial charge < -0.3 is 19.9 Å². The number of hydrogen-bond acceptors (Lipinski definition) is 5. The summed E-state index contributed by atoms with van der Waals surface area (Å²) in [6, 6.07) is 7.37. The van der Waals surface area contributed by atoms with Gasteiger partial charge >= 0.3 is 0 Å². The molecule has 0 atom stereocenters. The second-order valence-corrected chi connectivity index (χ2v) is 4.73. The minimum absolute atomic E-state index is 0.0536. The van der Waals surface area contributed by atoms with Crippen LogP contribution in [0.5, 0.6) is 11.5 Å². The topological polar surface area (TPSA) is 67.8 Å². The highest BCUT2D eigenvalue weighted by molar-refractivity contribution is 7.99. The van der Waals surface area contributed by atoms with Gasteiger partial charge in [0.25, 0.3) is 0 Å². The highest BCUT2D eigenvalue weighted by atomic mass is 32.2.